The molecular weight excluding hydrogens is 398 g/mol. The highest BCUT2D eigenvalue weighted by Gasteiger charge is 2.22. The molecule has 1 aromatic rings. The number of alkyl halides is 4. The first-order valence-corrected chi connectivity index (χ1v) is 8.99. The lowest BCUT2D eigenvalue weighted by atomic mass is 10.1. The van der Waals surface area contributed by atoms with E-state index in [1.165, 1.54) is 0 Å². The van der Waals surface area contributed by atoms with E-state index in [2.05, 4.69) is 17.6 Å². The maximum absolute atomic E-state index is 11.7. The minimum atomic E-state index is -1.27. The summed E-state index contributed by atoms with van der Waals surface area (Å²) in [6, 6.07) is 6.85. The van der Waals surface area contributed by atoms with Gasteiger partial charge in [0, 0.05) is 0 Å². The highest BCUT2D eigenvalue weighted by Crippen LogP contribution is 2.18. The van der Waals surface area contributed by atoms with Crippen LogP contribution in [0.5, 0.6) is 5.75 Å². The number of halogens is 4. The summed E-state index contributed by atoms with van der Waals surface area (Å²) < 4.78 is 5.56. The van der Waals surface area contributed by atoms with E-state index in [0.29, 0.717) is 17.9 Å². The number of carbonyl (C=O) groups excluding carboxylic acids is 2. The molecule has 5 nitrogen and oxygen atoms in total. The predicted molar refractivity (Wildman–Crippen MR) is 96.9 cm³/mol. The van der Waals surface area contributed by atoms with Crippen LogP contribution in [0, 0.1) is 0 Å². The number of ether oxygens (including phenoxy) is 1. The lowest BCUT2D eigenvalue weighted by molar-refractivity contribution is -0.122. The van der Waals surface area contributed by atoms with E-state index >= 15 is 0 Å². The molecule has 0 radical (unpaired) electrons. The molecule has 0 saturated heterocycles. The Labute approximate surface area is 160 Å². The Morgan fingerprint density at radius 1 is 1.00 bits per heavy atom. The van der Waals surface area contributed by atoms with E-state index in [9.17, 15) is 9.59 Å². The number of nitrogens with one attached hydrogen (secondary N) is 2. The van der Waals surface area contributed by atoms with Crippen molar-refractivity contribution in [2.45, 2.75) is 35.6 Å². The molecule has 0 aliphatic rings. The number of carbonyl (C=O) groups is 2. The monoisotopic (exact) mass is 414 g/mol. The topological polar surface area (TPSA) is 67.4 Å². The van der Waals surface area contributed by atoms with Crippen LogP contribution in [0.2, 0.25) is 0 Å². The van der Waals surface area contributed by atoms with Gasteiger partial charge in [-0.25, -0.2) is 0 Å². The maximum atomic E-state index is 11.7. The Hall–Kier alpha value is -0.880. The Bertz CT molecular complexity index is 516. The van der Waals surface area contributed by atoms with E-state index in [1.807, 2.05) is 0 Å². The van der Waals surface area contributed by atoms with Gasteiger partial charge in [-0.1, -0.05) is 71.9 Å². The van der Waals surface area contributed by atoms with Gasteiger partial charge in [-0.05, 0) is 24.1 Å². The fourth-order valence-corrected chi connectivity index (χ4v) is 1.96. The molecule has 0 bridgehead atoms. The molecule has 0 saturated carbocycles. The zero-order chi connectivity index (χ0) is 18.1. The SMILES string of the molecule is CCCCOc1ccc(C(NC(=O)C(Cl)Cl)NC(=O)C(Cl)Cl)cc1. The standard InChI is InChI=1S/C15H18Cl4N2O3/c1-2-3-8-24-10-6-4-9(5-7-10)13(20-14(22)11(16)17)21-15(23)12(18)19/h4-7,11-13H,2-3,8H2,1H3,(H,20,22)(H,21,23). The summed E-state index contributed by atoms with van der Waals surface area (Å²) in [7, 11) is 0. The molecule has 0 aliphatic heterocycles. The van der Waals surface area contributed by atoms with Crippen LogP contribution in [0.3, 0.4) is 0 Å². The number of amides is 2. The molecule has 0 heterocycles. The Morgan fingerprint density at radius 2 is 1.50 bits per heavy atom. The summed E-state index contributed by atoms with van der Waals surface area (Å²) in [5, 5.41) is 4.99. The summed E-state index contributed by atoms with van der Waals surface area (Å²) in [5.41, 5.74) is 0.586. The van der Waals surface area contributed by atoms with E-state index in [-0.39, 0.29) is 0 Å². The number of benzene rings is 1. The highest BCUT2D eigenvalue weighted by molar-refractivity contribution is 6.54. The molecule has 1 rings (SSSR count). The van der Waals surface area contributed by atoms with Gasteiger partial charge in [-0.2, -0.15) is 0 Å². The summed E-state index contributed by atoms with van der Waals surface area (Å²) in [6.07, 6.45) is 1.11. The van der Waals surface area contributed by atoms with Crippen molar-refractivity contribution in [2.24, 2.45) is 0 Å². The van der Waals surface area contributed by atoms with Gasteiger partial charge >= 0.3 is 0 Å². The summed E-state index contributed by atoms with van der Waals surface area (Å²) >= 11 is 22.1. The number of rotatable bonds is 9. The predicted octanol–water partition coefficient (Wildman–Crippen LogP) is 3.70. The van der Waals surface area contributed by atoms with Crippen LogP contribution in [0.15, 0.2) is 24.3 Å². The summed E-state index contributed by atoms with van der Waals surface area (Å²) in [6.45, 7) is 2.69. The second-order valence-electron chi connectivity index (χ2n) is 4.82. The number of unbranched alkanes of at least 4 members (excludes halogenated alkanes) is 1. The second kappa shape index (κ2) is 10.9. The molecule has 24 heavy (non-hydrogen) atoms. The van der Waals surface area contributed by atoms with Gasteiger partial charge in [0.05, 0.1) is 6.61 Å². The van der Waals surface area contributed by atoms with E-state index in [0.717, 1.165) is 12.8 Å². The van der Waals surface area contributed by atoms with Crippen molar-refractivity contribution in [3.05, 3.63) is 29.8 Å². The van der Waals surface area contributed by atoms with Gasteiger partial charge in [-0.15, -0.1) is 0 Å². The highest BCUT2D eigenvalue weighted by atomic mass is 35.5. The van der Waals surface area contributed by atoms with Gasteiger partial charge in [0.1, 0.15) is 11.9 Å². The molecule has 9 heteroatoms. The molecule has 2 N–H and O–H groups in total. The number of hydrogen-bond acceptors (Lipinski definition) is 3. The van der Waals surface area contributed by atoms with Crippen molar-refractivity contribution < 1.29 is 14.3 Å². The van der Waals surface area contributed by atoms with Crippen LogP contribution < -0.4 is 15.4 Å². The molecule has 2 amide bonds. The maximum Gasteiger partial charge on any atom is 0.255 e. The van der Waals surface area contributed by atoms with Crippen molar-refractivity contribution in [1.29, 1.82) is 0 Å². The van der Waals surface area contributed by atoms with Crippen LogP contribution in [0.4, 0.5) is 0 Å². The Morgan fingerprint density at radius 3 is 1.92 bits per heavy atom. The van der Waals surface area contributed by atoms with Crippen molar-refractivity contribution >= 4 is 58.2 Å². The van der Waals surface area contributed by atoms with Gasteiger partial charge < -0.3 is 15.4 Å². The van der Waals surface area contributed by atoms with Crippen LogP contribution >= 0.6 is 46.4 Å². The summed E-state index contributed by atoms with van der Waals surface area (Å²) in [5.74, 6) is -0.635. The minimum Gasteiger partial charge on any atom is -0.494 e. The lowest BCUT2D eigenvalue weighted by Gasteiger charge is -2.21. The molecule has 0 spiro atoms. The third-order valence-electron chi connectivity index (χ3n) is 2.95. The van der Waals surface area contributed by atoms with E-state index < -0.39 is 27.7 Å². The molecule has 0 aliphatic carbocycles. The van der Waals surface area contributed by atoms with Crippen LogP contribution in [-0.2, 0) is 9.59 Å². The molecule has 134 valence electrons. The smallest absolute Gasteiger partial charge is 0.255 e. The van der Waals surface area contributed by atoms with Crippen molar-refractivity contribution in [2.75, 3.05) is 6.61 Å². The largest absolute Gasteiger partial charge is 0.494 e. The molecule has 0 fully saturated rings. The molecule has 1 aromatic carbocycles. The minimum absolute atomic E-state index is 0.586. The number of hydrogen-bond donors (Lipinski definition) is 2. The fourth-order valence-electron chi connectivity index (χ4n) is 1.70. The first-order valence-electron chi connectivity index (χ1n) is 7.25. The van der Waals surface area contributed by atoms with E-state index in [1.54, 1.807) is 24.3 Å². The zero-order valence-electron chi connectivity index (χ0n) is 12.9. The van der Waals surface area contributed by atoms with Gasteiger partial charge in [0.25, 0.3) is 11.8 Å². The average Bonchev–Trinajstić information content (AvgIpc) is 2.54. The van der Waals surface area contributed by atoms with Crippen molar-refractivity contribution in [1.82, 2.24) is 10.6 Å². The molecule has 0 atom stereocenters. The van der Waals surface area contributed by atoms with Gasteiger partial charge in [-0.3, -0.25) is 9.59 Å². The van der Waals surface area contributed by atoms with Gasteiger partial charge in [0.15, 0.2) is 9.67 Å². The first-order chi connectivity index (χ1) is 11.3. The molecular formula is C15H18Cl4N2O3. The molecule has 0 unspecified atom stereocenters. The quantitative estimate of drug-likeness (QED) is 0.367. The van der Waals surface area contributed by atoms with Crippen molar-refractivity contribution in [3.63, 3.8) is 0 Å². The normalized spacial score (nSPS) is 11.0. The third-order valence-corrected chi connectivity index (χ3v) is 3.74. The van der Waals surface area contributed by atoms with Crippen LogP contribution in [0.25, 0.3) is 0 Å². The lowest BCUT2D eigenvalue weighted by Crippen LogP contribution is -2.44. The van der Waals surface area contributed by atoms with Crippen molar-refractivity contribution in [3.8, 4) is 5.75 Å². The Kier molecular flexibility index (Phi) is 9.59. The summed E-state index contributed by atoms with van der Waals surface area (Å²) in [4.78, 5) is 20.9. The van der Waals surface area contributed by atoms with Crippen LogP contribution in [0.1, 0.15) is 31.5 Å². The fraction of sp³-hybridized carbons (Fsp3) is 0.467. The average molecular weight is 416 g/mol. The molecule has 0 aromatic heterocycles. The Balaban J connectivity index is 2.84. The zero-order valence-corrected chi connectivity index (χ0v) is 15.9. The first kappa shape index (κ1) is 21.2. The second-order valence-corrected chi connectivity index (χ2v) is 7.02. The third kappa shape index (κ3) is 7.34. The van der Waals surface area contributed by atoms with E-state index in [4.69, 9.17) is 51.1 Å². The van der Waals surface area contributed by atoms with Crippen LogP contribution in [-0.4, -0.2) is 28.1 Å². The van der Waals surface area contributed by atoms with Gasteiger partial charge in [0.2, 0.25) is 0 Å².